The van der Waals surface area contributed by atoms with Crippen LogP contribution in [-0.2, 0) is 4.74 Å². The Hall–Kier alpha value is -2.02. The standard InChI is InChI=1S/C11H12FN3O5/c1-2-3-11(12)8(18)6(5-16)20-9(11)15-10(19)14-7(17)4-13-15/h4,6,8-9,16,18H,5H2,1H3,(H,14,17,19)/t6?,8-,9?,11?/m0/s1. The van der Waals surface area contributed by atoms with Gasteiger partial charge in [0.25, 0.3) is 5.56 Å². The van der Waals surface area contributed by atoms with E-state index in [1.807, 2.05) is 4.98 Å². The van der Waals surface area contributed by atoms with E-state index in [0.717, 1.165) is 6.20 Å². The van der Waals surface area contributed by atoms with Crippen LogP contribution in [0.2, 0.25) is 0 Å². The van der Waals surface area contributed by atoms with Crippen molar-refractivity contribution >= 4 is 0 Å². The number of ether oxygens (including phenoxy) is 1. The number of hydrogen-bond donors (Lipinski definition) is 3. The van der Waals surface area contributed by atoms with Gasteiger partial charge in [0, 0.05) is 0 Å². The molecule has 9 heteroatoms. The van der Waals surface area contributed by atoms with Gasteiger partial charge in [-0.1, -0.05) is 5.92 Å². The van der Waals surface area contributed by atoms with Crippen molar-refractivity contribution in [2.45, 2.75) is 31.0 Å². The largest absolute Gasteiger partial charge is 0.394 e. The van der Waals surface area contributed by atoms with Crippen molar-refractivity contribution in [3.05, 3.63) is 27.0 Å². The third-order valence-electron chi connectivity index (χ3n) is 2.90. The van der Waals surface area contributed by atoms with Crippen LogP contribution in [-0.4, -0.2) is 49.5 Å². The molecule has 108 valence electrons. The molecule has 2 heterocycles. The number of halogens is 1. The van der Waals surface area contributed by atoms with Gasteiger partial charge in [-0.05, 0) is 6.92 Å². The number of nitrogens with zero attached hydrogens (tertiary/aromatic N) is 2. The summed E-state index contributed by atoms with van der Waals surface area (Å²) in [5, 5.41) is 22.4. The Balaban J connectivity index is 2.55. The molecular formula is C11H12FN3O5. The van der Waals surface area contributed by atoms with Gasteiger partial charge in [-0.25, -0.2) is 9.18 Å². The molecule has 0 saturated carbocycles. The van der Waals surface area contributed by atoms with Crippen molar-refractivity contribution in [2.75, 3.05) is 6.61 Å². The van der Waals surface area contributed by atoms with E-state index in [9.17, 15) is 19.1 Å². The van der Waals surface area contributed by atoms with Gasteiger partial charge in [0.1, 0.15) is 18.4 Å². The average molecular weight is 285 g/mol. The summed E-state index contributed by atoms with van der Waals surface area (Å²) in [6.45, 7) is 0.688. The number of aromatic amines is 1. The van der Waals surface area contributed by atoms with E-state index in [2.05, 4.69) is 16.9 Å². The molecule has 0 spiro atoms. The zero-order valence-corrected chi connectivity index (χ0v) is 10.4. The normalized spacial score (nSPS) is 32.7. The molecule has 3 unspecified atom stereocenters. The zero-order valence-electron chi connectivity index (χ0n) is 10.4. The Kier molecular flexibility index (Phi) is 3.71. The number of alkyl halides is 1. The molecule has 2 rings (SSSR count). The molecule has 0 aromatic carbocycles. The summed E-state index contributed by atoms with van der Waals surface area (Å²) >= 11 is 0. The lowest BCUT2D eigenvalue weighted by atomic mass is 9.97. The van der Waals surface area contributed by atoms with E-state index in [4.69, 9.17) is 9.84 Å². The summed E-state index contributed by atoms with van der Waals surface area (Å²) in [4.78, 5) is 24.5. The molecule has 0 bridgehead atoms. The molecule has 0 radical (unpaired) electrons. The maximum Gasteiger partial charge on any atom is 0.347 e. The molecule has 8 nitrogen and oxygen atoms in total. The smallest absolute Gasteiger partial charge is 0.347 e. The highest BCUT2D eigenvalue weighted by Gasteiger charge is 2.58. The second kappa shape index (κ2) is 5.16. The zero-order chi connectivity index (χ0) is 14.9. The third kappa shape index (κ3) is 2.14. The SMILES string of the molecule is CC#CC1(F)C(n2ncc(=O)[nH]c2=O)OC(CO)[C@@H]1O. The molecule has 1 aliphatic rings. The van der Waals surface area contributed by atoms with Gasteiger partial charge in [0.05, 0.1) is 6.61 Å². The van der Waals surface area contributed by atoms with Gasteiger partial charge in [-0.15, -0.1) is 5.92 Å². The van der Waals surface area contributed by atoms with Crippen LogP contribution in [0.4, 0.5) is 4.39 Å². The topological polar surface area (TPSA) is 117 Å². The van der Waals surface area contributed by atoms with Crippen LogP contribution in [0.5, 0.6) is 0 Å². The van der Waals surface area contributed by atoms with Gasteiger partial charge in [-0.3, -0.25) is 9.78 Å². The van der Waals surface area contributed by atoms with Gasteiger partial charge in [-0.2, -0.15) is 9.78 Å². The lowest BCUT2D eigenvalue weighted by Gasteiger charge is -2.22. The first-order valence-electron chi connectivity index (χ1n) is 5.69. The Morgan fingerprint density at radius 2 is 2.35 bits per heavy atom. The number of aliphatic hydroxyl groups excluding tert-OH is 2. The average Bonchev–Trinajstić information content (AvgIpc) is 2.63. The summed E-state index contributed by atoms with van der Waals surface area (Å²) in [7, 11) is 0. The summed E-state index contributed by atoms with van der Waals surface area (Å²) in [5.74, 6) is 4.42. The van der Waals surface area contributed by atoms with Crippen molar-refractivity contribution < 1.29 is 19.3 Å². The molecule has 1 aromatic heterocycles. The summed E-state index contributed by atoms with van der Waals surface area (Å²) in [6, 6.07) is 0. The number of rotatable bonds is 2. The number of aliphatic hydroxyl groups is 2. The Morgan fingerprint density at radius 1 is 1.65 bits per heavy atom. The predicted molar refractivity (Wildman–Crippen MR) is 63.4 cm³/mol. The lowest BCUT2D eigenvalue weighted by molar-refractivity contribution is -0.0611. The number of aromatic nitrogens is 3. The first-order chi connectivity index (χ1) is 9.43. The Labute approximate surface area is 111 Å². The van der Waals surface area contributed by atoms with Crippen LogP contribution in [0.15, 0.2) is 15.8 Å². The molecule has 0 aliphatic carbocycles. The molecule has 0 amide bonds. The summed E-state index contributed by atoms with van der Waals surface area (Å²) in [6.07, 6.45) is -3.92. The fourth-order valence-corrected chi connectivity index (χ4v) is 1.99. The van der Waals surface area contributed by atoms with Crippen LogP contribution >= 0.6 is 0 Å². The van der Waals surface area contributed by atoms with Gasteiger partial charge in [0.15, 0.2) is 0 Å². The lowest BCUT2D eigenvalue weighted by Crippen LogP contribution is -2.46. The number of hydrogen-bond acceptors (Lipinski definition) is 6. The van der Waals surface area contributed by atoms with E-state index < -0.39 is 42.0 Å². The minimum absolute atomic E-state index is 0.532. The quantitative estimate of drug-likeness (QED) is 0.537. The van der Waals surface area contributed by atoms with Crippen LogP contribution < -0.4 is 11.2 Å². The fraction of sp³-hybridized carbons (Fsp3) is 0.545. The number of H-pyrrole nitrogens is 1. The first-order valence-corrected chi connectivity index (χ1v) is 5.69. The van der Waals surface area contributed by atoms with E-state index in [1.54, 1.807) is 0 Å². The molecule has 3 N–H and O–H groups in total. The monoisotopic (exact) mass is 285 g/mol. The van der Waals surface area contributed by atoms with Crippen molar-refractivity contribution in [1.82, 2.24) is 14.8 Å². The van der Waals surface area contributed by atoms with E-state index >= 15 is 0 Å². The maximum atomic E-state index is 14.8. The number of nitrogens with one attached hydrogen (secondary N) is 1. The third-order valence-corrected chi connectivity index (χ3v) is 2.90. The summed E-state index contributed by atoms with van der Waals surface area (Å²) < 4.78 is 20.5. The van der Waals surface area contributed by atoms with Crippen molar-refractivity contribution in [3.63, 3.8) is 0 Å². The second-order valence-corrected chi connectivity index (χ2v) is 4.18. The molecule has 1 fully saturated rings. The maximum absolute atomic E-state index is 14.8. The first kappa shape index (κ1) is 14.4. The highest BCUT2D eigenvalue weighted by atomic mass is 19.1. The second-order valence-electron chi connectivity index (χ2n) is 4.18. The van der Waals surface area contributed by atoms with E-state index in [1.165, 1.54) is 6.92 Å². The van der Waals surface area contributed by atoms with Gasteiger partial charge < -0.3 is 14.9 Å². The fourth-order valence-electron chi connectivity index (χ4n) is 1.99. The molecule has 4 atom stereocenters. The highest BCUT2D eigenvalue weighted by Crippen LogP contribution is 2.40. The molecule has 1 aliphatic heterocycles. The van der Waals surface area contributed by atoms with Crippen molar-refractivity contribution in [1.29, 1.82) is 0 Å². The predicted octanol–water partition coefficient (Wildman–Crippen LogP) is -2.09. The van der Waals surface area contributed by atoms with Crippen LogP contribution in [0.3, 0.4) is 0 Å². The highest BCUT2D eigenvalue weighted by molar-refractivity contribution is 5.22. The van der Waals surface area contributed by atoms with Crippen LogP contribution in [0.25, 0.3) is 0 Å². The van der Waals surface area contributed by atoms with Crippen LogP contribution in [0.1, 0.15) is 13.2 Å². The molecule has 1 aromatic rings. The van der Waals surface area contributed by atoms with E-state index in [-0.39, 0.29) is 0 Å². The molecule has 20 heavy (non-hydrogen) atoms. The van der Waals surface area contributed by atoms with Crippen molar-refractivity contribution in [2.24, 2.45) is 0 Å². The molecule has 1 saturated heterocycles. The van der Waals surface area contributed by atoms with Crippen molar-refractivity contribution in [3.8, 4) is 11.8 Å². The van der Waals surface area contributed by atoms with Gasteiger partial charge in [0.2, 0.25) is 11.9 Å². The molecular weight excluding hydrogens is 273 g/mol. The van der Waals surface area contributed by atoms with Crippen LogP contribution in [0, 0.1) is 11.8 Å². The Bertz CT molecular complexity index is 675. The minimum atomic E-state index is -2.63. The Morgan fingerprint density at radius 3 is 2.90 bits per heavy atom. The van der Waals surface area contributed by atoms with Gasteiger partial charge >= 0.3 is 5.69 Å². The van der Waals surface area contributed by atoms with E-state index in [0.29, 0.717) is 4.68 Å². The minimum Gasteiger partial charge on any atom is -0.394 e. The summed E-state index contributed by atoms with van der Waals surface area (Å²) in [5.41, 5.74) is -4.39.